The predicted molar refractivity (Wildman–Crippen MR) is 109 cm³/mol. The van der Waals surface area contributed by atoms with Gasteiger partial charge in [-0.1, -0.05) is 23.2 Å². The van der Waals surface area contributed by atoms with Crippen LogP contribution < -0.4 is 10.6 Å². The molecule has 2 heterocycles. The maximum atomic E-state index is 12.5. The summed E-state index contributed by atoms with van der Waals surface area (Å²) in [6, 6.07) is 4.03. The van der Waals surface area contributed by atoms with Crippen molar-refractivity contribution in [3.05, 3.63) is 45.7 Å². The van der Waals surface area contributed by atoms with Gasteiger partial charge in [0.05, 0.1) is 11.1 Å². The molecule has 2 rings (SSSR count). The number of nitrogens with zero attached hydrogens (tertiary/aromatic N) is 2. The summed E-state index contributed by atoms with van der Waals surface area (Å²) in [6.45, 7) is 0.522. The van der Waals surface area contributed by atoms with Gasteiger partial charge in [0.15, 0.2) is 0 Å². The van der Waals surface area contributed by atoms with Gasteiger partial charge in [-0.15, -0.1) is 0 Å². The first-order chi connectivity index (χ1) is 14.9. The monoisotopic (exact) mass is 508 g/mol. The van der Waals surface area contributed by atoms with Gasteiger partial charge in [-0.2, -0.15) is 26.3 Å². The molecule has 6 nitrogen and oxygen atoms in total. The Bertz CT molecular complexity index is 853. The third kappa shape index (κ3) is 9.63. The largest absolute Gasteiger partial charge is 0.419 e. The molecule has 0 saturated carbocycles. The summed E-state index contributed by atoms with van der Waals surface area (Å²) >= 11 is 10.9. The highest BCUT2D eigenvalue weighted by atomic mass is 35.5. The Hall–Kier alpha value is -2.02. The Balaban J connectivity index is 0.000000320. The predicted octanol–water partition coefficient (Wildman–Crippen LogP) is 5.10. The molecule has 0 amide bonds. The molecule has 0 spiro atoms. The van der Waals surface area contributed by atoms with Gasteiger partial charge in [0.25, 0.3) is 0 Å². The van der Waals surface area contributed by atoms with E-state index in [1.807, 2.05) is 0 Å². The van der Waals surface area contributed by atoms with Crippen LogP contribution >= 0.6 is 23.2 Å². The molecule has 0 unspecified atom stereocenters. The van der Waals surface area contributed by atoms with Crippen molar-refractivity contribution < 1.29 is 36.6 Å². The summed E-state index contributed by atoms with van der Waals surface area (Å²) in [5.41, 5.74) is -1.82. The highest BCUT2D eigenvalue weighted by Gasteiger charge is 2.35. The van der Waals surface area contributed by atoms with Gasteiger partial charge in [0, 0.05) is 26.3 Å². The molecule has 32 heavy (non-hydrogen) atoms. The zero-order valence-corrected chi connectivity index (χ0v) is 17.9. The number of hydrogen-bond acceptors (Lipinski definition) is 6. The molecule has 0 bridgehead atoms. The molecule has 4 N–H and O–H groups in total. The van der Waals surface area contributed by atoms with Crippen molar-refractivity contribution >= 4 is 34.8 Å². The molecule has 0 aliphatic rings. The highest BCUT2D eigenvalue weighted by molar-refractivity contribution is 6.30. The van der Waals surface area contributed by atoms with E-state index in [-0.39, 0.29) is 36.5 Å². The molecule has 0 fully saturated rings. The number of pyridine rings is 2. The average molecular weight is 509 g/mol. The number of anilines is 2. The lowest BCUT2D eigenvalue weighted by Crippen LogP contribution is -2.13. The molecule has 2 aromatic heterocycles. The van der Waals surface area contributed by atoms with Crippen LogP contribution in [0.1, 0.15) is 24.0 Å². The zero-order valence-electron chi connectivity index (χ0n) is 16.4. The van der Waals surface area contributed by atoms with Gasteiger partial charge in [0.2, 0.25) is 0 Å². The van der Waals surface area contributed by atoms with E-state index in [1.165, 1.54) is 6.07 Å². The summed E-state index contributed by atoms with van der Waals surface area (Å²) in [6.07, 6.45) is -8.14. The maximum Gasteiger partial charge on any atom is 0.419 e. The van der Waals surface area contributed by atoms with Crippen molar-refractivity contribution in [3.8, 4) is 0 Å². The van der Waals surface area contributed by atoms with Crippen LogP contribution in [0.5, 0.6) is 0 Å². The van der Waals surface area contributed by atoms with Gasteiger partial charge in [-0.25, -0.2) is 9.97 Å². The van der Waals surface area contributed by atoms with Crippen LogP contribution in [0.25, 0.3) is 0 Å². The van der Waals surface area contributed by atoms with Gasteiger partial charge in [0.1, 0.15) is 21.9 Å². The van der Waals surface area contributed by atoms with E-state index in [9.17, 15) is 26.3 Å². The van der Waals surface area contributed by atoms with Gasteiger partial charge >= 0.3 is 12.4 Å². The second-order valence-electron chi connectivity index (χ2n) is 6.07. The lowest BCUT2D eigenvalue weighted by molar-refractivity contribution is -0.138. The quantitative estimate of drug-likeness (QED) is 0.225. The molecular formula is C18H20Cl2F6N4O2. The van der Waals surface area contributed by atoms with Crippen molar-refractivity contribution in [3.63, 3.8) is 0 Å². The highest BCUT2D eigenvalue weighted by Crippen LogP contribution is 2.35. The average Bonchev–Trinajstić information content (AvgIpc) is 2.67. The Morgan fingerprint density at radius 1 is 0.750 bits per heavy atom. The lowest BCUT2D eigenvalue weighted by Gasteiger charge is -2.13. The summed E-state index contributed by atoms with van der Waals surface area (Å²) in [4.78, 5) is 7.13. The van der Waals surface area contributed by atoms with Gasteiger partial charge < -0.3 is 20.8 Å². The third-order valence-corrected chi connectivity index (χ3v) is 4.09. The van der Waals surface area contributed by atoms with Crippen LogP contribution in [0.3, 0.4) is 0 Å². The van der Waals surface area contributed by atoms with Crippen molar-refractivity contribution in [2.75, 3.05) is 36.9 Å². The Labute approximate surface area is 189 Å². The van der Waals surface area contributed by atoms with Crippen molar-refractivity contribution in [2.24, 2.45) is 0 Å². The normalized spacial score (nSPS) is 11.6. The second-order valence-corrected chi connectivity index (χ2v) is 6.81. The first-order valence-electron chi connectivity index (χ1n) is 9.07. The molecule has 0 atom stereocenters. The Morgan fingerprint density at radius 2 is 1.28 bits per heavy atom. The number of hydrogen-bond donors (Lipinski definition) is 4. The summed E-state index contributed by atoms with van der Waals surface area (Å²) in [7, 11) is 0. The minimum Gasteiger partial charge on any atom is -0.396 e. The fourth-order valence-electron chi connectivity index (χ4n) is 2.12. The van der Waals surface area contributed by atoms with E-state index in [0.29, 0.717) is 19.4 Å². The number of alkyl halides is 6. The number of aromatic nitrogens is 2. The minimum atomic E-state index is -4.49. The molecule has 180 valence electrons. The lowest BCUT2D eigenvalue weighted by atomic mass is 10.2. The van der Waals surface area contributed by atoms with Crippen LogP contribution in [0.4, 0.5) is 38.0 Å². The van der Waals surface area contributed by atoms with Crippen LogP contribution in [0.15, 0.2) is 24.3 Å². The smallest absolute Gasteiger partial charge is 0.396 e. The van der Waals surface area contributed by atoms with Gasteiger partial charge in [-0.05, 0) is 37.1 Å². The second kappa shape index (κ2) is 12.9. The van der Waals surface area contributed by atoms with E-state index in [2.05, 4.69) is 20.6 Å². The number of aliphatic hydroxyl groups is 2. The fourth-order valence-corrected chi connectivity index (χ4v) is 2.53. The van der Waals surface area contributed by atoms with Crippen molar-refractivity contribution in [1.29, 1.82) is 0 Å². The molecule has 0 saturated heterocycles. The van der Waals surface area contributed by atoms with E-state index < -0.39 is 28.6 Å². The van der Waals surface area contributed by atoms with Gasteiger partial charge in [-0.3, -0.25) is 0 Å². The molecule has 2 aromatic rings. The van der Waals surface area contributed by atoms with Crippen LogP contribution in [-0.4, -0.2) is 46.5 Å². The zero-order chi connectivity index (χ0) is 24.4. The summed E-state index contributed by atoms with van der Waals surface area (Å²) in [5.74, 6) is -0.0556. The minimum absolute atomic E-state index is 0.00136. The molecule has 0 radical (unpaired) electrons. The van der Waals surface area contributed by atoms with E-state index in [0.717, 1.165) is 18.2 Å². The number of rotatable bonds is 8. The number of nitrogens with one attached hydrogen (secondary N) is 2. The van der Waals surface area contributed by atoms with Crippen LogP contribution in [-0.2, 0) is 12.4 Å². The molecule has 0 aliphatic heterocycles. The maximum absolute atomic E-state index is 12.5. The Morgan fingerprint density at radius 3 is 1.78 bits per heavy atom. The number of aliphatic hydroxyl groups excluding tert-OH is 2. The summed E-state index contributed by atoms with van der Waals surface area (Å²) < 4.78 is 74.5. The number of halogens is 8. The molecular weight excluding hydrogens is 489 g/mol. The van der Waals surface area contributed by atoms with E-state index in [4.69, 9.17) is 33.4 Å². The first kappa shape index (κ1) is 28.0. The molecule has 14 heteroatoms. The molecule has 0 aliphatic carbocycles. The fraction of sp³-hybridized carbons (Fsp3) is 0.444. The Kier molecular flexibility index (Phi) is 11.3. The molecule has 0 aromatic carbocycles. The van der Waals surface area contributed by atoms with E-state index in [1.54, 1.807) is 0 Å². The van der Waals surface area contributed by atoms with E-state index >= 15 is 0 Å². The first-order valence-corrected chi connectivity index (χ1v) is 9.82. The van der Waals surface area contributed by atoms with Crippen molar-refractivity contribution in [1.82, 2.24) is 9.97 Å². The van der Waals surface area contributed by atoms with Crippen molar-refractivity contribution in [2.45, 2.75) is 25.2 Å². The van der Waals surface area contributed by atoms with Crippen LogP contribution in [0, 0.1) is 0 Å². The SMILES string of the molecule is OCCCNc1ccc(C(F)(F)F)c(Cl)n1.OCCCNc1nc(Cl)ccc1C(F)(F)F. The topological polar surface area (TPSA) is 90.3 Å². The third-order valence-electron chi connectivity index (χ3n) is 3.59. The summed E-state index contributed by atoms with van der Waals surface area (Å²) in [5, 5.41) is 21.7. The van der Waals surface area contributed by atoms with Crippen LogP contribution in [0.2, 0.25) is 10.3 Å². The standard InChI is InChI=1S/2C9H10ClF3N2O/c10-8-6(9(11,12)13)2-3-7(15-8)14-4-1-5-16;10-7-3-2-6(9(11,12)13)8(15-7)14-4-1-5-16/h2*2-3,16H,1,4-5H2,(H,14,15).